The molecule has 3 rings (SSSR count). The molecule has 2 aromatic rings. The summed E-state index contributed by atoms with van der Waals surface area (Å²) in [5.74, 6) is 1.85. The number of aromatic nitrogens is 2. The van der Waals surface area contributed by atoms with E-state index >= 15 is 0 Å². The van der Waals surface area contributed by atoms with Gasteiger partial charge in [-0.05, 0) is 12.8 Å². The average Bonchev–Trinajstić information content (AvgIpc) is 3.05. The molecule has 1 aromatic carbocycles. The van der Waals surface area contributed by atoms with Crippen LogP contribution in [0.5, 0.6) is 0 Å². The van der Waals surface area contributed by atoms with Crippen LogP contribution in [0.1, 0.15) is 26.2 Å². The van der Waals surface area contributed by atoms with E-state index in [-0.39, 0.29) is 17.5 Å². The van der Waals surface area contributed by atoms with Crippen LogP contribution in [0.4, 0.5) is 11.8 Å². The Balaban J connectivity index is 1.96. The molecule has 6 nitrogen and oxygen atoms in total. The van der Waals surface area contributed by atoms with E-state index in [9.17, 15) is 8.42 Å². The topological polar surface area (TPSA) is 66.4 Å². The highest BCUT2D eigenvalue weighted by atomic mass is 32.2. The largest absolute Gasteiger partial charge is 0.359 e. The molecule has 0 aliphatic carbocycles. The van der Waals surface area contributed by atoms with Crippen LogP contribution in [-0.4, -0.2) is 56.6 Å². The predicted molar refractivity (Wildman–Crippen MR) is 111 cm³/mol. The van der Waals surface area contributed by atoms with Crippen molar-refractivity contribution in [2.24, 2.45) is 0 Å². The Morgan fingerprint density at radius 2 is 1.89 bits per heavy atom. The molecule has 2 heterocycles. The predicted octanol–water partition coefficient (Wildman–Crippen LogP) is 3.00. The summed E-state index contributed by atoms with van der Waals surface area (Å²) in [7, 11) is 0.976. The maximum Gasteiger partial charge on any atom is 0.227 e. The second kappa shape index (κ2) is 8.25. The summed E-state index contributed by atoms with van der Waals surface area (Å²) in [4.78, 5) is 13.6. The van der Waals surface area contributed by atoms with Crippen LogP contribution in [0.15, 0.2) is 36.4 Å². The van der Waals surface area contributed by atoms with Crippen LogP contribution >= 0.6 is 0 Å². The lowest BCUT2D eigenvalue weighted by molar-refractivity contribution is 0.600. The van der Waals surface area contributed by atoms with Gasteiger partial charge in [-0.15, -0.1) is 0 Å². The molecule has 1 saturated heterocycles. The van der Waals surface area contributed by atoms with Gasteiger partial charge < -0.3 is 9.80 Å². The summed E-state index contributed by atoms with van der Waals surface area (Å²) >= 11 is 0. The third-order valence-electron chi connectivity index (χ3n) is 5.08. The van der Waals surface area contributed by atoms with Gasteiger partial charge in [0.15, 0.2) is 9.84 Å². The first-order chi connectivity index (χ1) is 12.9. The Morgan fingerprint density at radius 1 is 1.15 bits per heavy atom. The van der Waals surface area contributed by atoms with Gasteiger partial charge in [-0.2, -0.15) is 4.98 Å². The maximum atomic E-state index is 11.9. The zero-order valence-electron chi connectivity index (χ0n) is 16.3. The smallest absolute Gasteiger partial charge is 0.227 e. The number of benzene rings is 1. The fraction of sp³-hybridized carbons (Fsp3) is 0.500. The fourth-order valence-electron chi connectivity index (χ4n) is 3.29. The summed E-state index contributed by atoms with van der Waals surface area (Å²) in [6, 6.07) is 12.0. The van der Waals surface area contributed by atoms with Gasteiger partial charge in [0.2, 0.25) is 5.95 Å². The van der Waals surface area contributed by atoms with Crippen LogP contribution in [0.2, 0.25) is 0 Å². The van der Waals surface area contributed by atoms with Crippen LogP contribution in [0.25, 0.3) is 11.3 Å². The SMILES string of the molecule is CCCCN(C)c1cc(-c2ccccc2)nc(N(C)C2CCS(=O)(=O)C2)n1. The van der Waals surface area contributed by atoms with Gasteiger partial charge >= 0.3 is 0 Å². The van der Waals surface area contributed by atoms with Gasteiger partial charge in [0.1, 0.15) is 5.82 Å². The van der Waals surface area contributed by atoms with Crippen molar-refractivity contribution in [3.63, 3.8) is 0 Å². The molecule has 0 bridgehead atoms. The van der Waals surface area contributed by atoms with E-state index in [1.165, 1.54) is 0 Å². The van der Waals surface area contributed by atoms with Crippen molar-refractivity contribution in [3.8, 4) is 11.3 Å². The highest BCUT2D eigenvalue weighted by Crippen LogP contribution is 2.27. The molecule has 27 heavy (non-hydrogen) atoms. The summed E-state index contributed by atoms with van der Waals surface area (Å²) in [5, 5.41) is 0. The van der Waals surface area contributed by atoms with Crippen molar-refractivity contribution in [2.45, 2.75) is 32.2 Å². The number of anilines is 2. The summed E-state index contributed by atoms with van der Waals surface area (Å²) < 4.78 is 23.8. The number of hydrogen-bond acceptors (Lipinski definition) is 6. The van der Waals surface area contributed by atoms with Crippen LogP contribution in [0, 0.1) is 0 Å². The van der Waals surface area contributed by atoms with Gasteiger partial charge in [0.25, 0.3) is 0 Å². The van der Waals surface area contributed by atoms with E-state index in [4.69, 9.17) is 9.97 Å². The molecule has 1 aliphatic heterocycles. The standard InChI is InChI=1S/C20H28N4O2S/c1-4-5-12-23(2)19-14-18(16-9-7-6-8-10-16)21-20(22-19)24(3)17-11-13-27(25,26)15-17/h6-10,14,17H,4-5,11-13,15H2,1-3H3. The second-order valence-corrected chi connectivity index (χ2v) is 9.45. The average molecular weight is 389 g/mol. The molecule has 0 radical (unpaired) electrons. The van der Waals surface area contributed by atoms with Gasteiger partial charge in [-0.1, -0.05) is 43.7 Å². The van der Waals surface area contributed by atoms with Crippen molar-refractivity contribution in [3.05, 3.63) is 36.4 Å². The van der Waals surface area contributed by atoms with Crippen molar-refractivity contribution in [2.75, 3.05) is 41.9 Å². The van der Waals surface area contributed by atoms with E-state index in [1.54, 1.807) is 0 Å². The first-order valence-corrected chi connectivity index (χ1v) is 11.3. The normalized spacial score (nSPS) is 18.4. The number of unbranched alkanes of at least 4 members (excludes halogenated alkanes) is 1. The molecule has 0 spiro atoms. The molecule has 146 valence electrons. The van der Waals surface area contributed by atoms with Gasteiger partial charge in [-0.25, -0.2) is 13.4 Å². The second-order valence-electron chi connectivity index (χ2n) is 7.22. The third-order valence-corrected chi connectivity index (χ3v) is 6.83. The molecule has 1 aliphatic rings. The quantitative estimate of drug-likeness (QED) is 0.726. The van der Waals surface area contributed by atoms with Crippen molar-refractivity contribution >= 4 is 21.6 Å². The van der Waals surface area contributed by atoms with Crippen LogP contribution in [0.3, 0.4) is 0 Å². The van der Waals surface area contributed by atoms with Crippen molar-refractivity contribution in [1.82, 2.24) is 9.97 Å². The molecule has 7 heteroatoms. The molecule has 1 atom stereocenters. The Hall–Kier alpha value is -2.15. The van der Waals surface area contributed by atoms with Gasteiger partial charge in [-0.3, -0.25) is 0 Å². The highest BCUT2D eigenvalue weighted by Gasteiger charge is 2.32. The lowest BCUT2D eigenvalue weighted by Gasteiger charge is -2.26. The van der Waals surface area contributed by atoms with Crippen molar-refractivity contribution < 1.29 is 8.42 Å². The van der Waals surface area contributed by atoms with E-state index < -0.39 is 9.84 Å². The minimum Gasteiger partial charge on any atom is -0.359 e. The number of nitrogens with zero attached hydrogens (tertiary/aromatic N) is 4. The zero-order valence-corrected chi connectivity index (χ0v) is 17.1. The Morgan fingerprint density at radius 3 is 2.52 bits per heavy atom. The van der Waals surface area contributed by atoms with E-state index in [1.807, 2.05) is 55.4 Å². The molecule has 0 saturated carbocycles. The zero-order chi connectivity index (χ0) is 19.4. The summed E-state index contributed by atoms with van der Waals surface area (Å²) in [5.41, 5.74) is 1.88. The highest BCUT2D eigenvalue weighted by molar-refractivity contribution is 7.91. The number of rotatable bonds is 7. The first kappa shape index (κ1) is 19.6. The lowest BCUT2D eigenvalue weighted by atomic mass is 10.1. The minimum absolute atomic E-state index is 0.0742. The van der Waals surface area contributed by atoms with Crippen LogP contribution < -0.4 is 9.80 Å². The lowest BCUT2D eigenvalue weighted by Crippen LogP contribution is -2.34. The Labute approximate surface area is 162 Å². The summed E-state index contributed by atoms with van der Waals surface area (Å²) in [6.07, 6.45) is 2.83. The summed E-state index contributed by atoms with van der Waals surface area (Å²) in [6.45, 7) is 3.09. The first-order valence-electron chi connectivity index (χ1n) is 9.48. The molecule has 1 fully saturated rings. The molecule has 0 N–H and O–H groups in total. The minimum atomic E-state index is -2.96. The molecule has 1 aromatic heterocycles. The van der Waals surface area contributed by atoms with Gasteiger partial charge in [0.05, 0.1) is 17.2 Å². The third kappa shape index (κ3) is 4.77. The Bertz CT molecular complexity index is 871. The number of hydrogen-bond donors (Lipinski definition) is 0. The fourth-order valence-corrected chi connectivity index (χ4v) is 5.06. The Kier molecular flexibility index (Phi) is 5.99. The van der Waals surface area contributed by atoms with E-state index in [0.29, 0.717) is 12.4 Å². The van der Waals surface area contributed by atoms with E-state index in [0.717, 1.165) is 36.5 Å². The molecule has 0 amide bonds. The molecular formula is C20H28N4O2S. The number of sulfone groups is 1. The van der Waals surface area contributed by atoms with Crippen molar-refractivity contribution in [1.29, 1.82) is 0 Å². The van der Waals surface area contributed by atoms with E-state index in [2.05, 4.69) is 11.8 Å². The molecule has 1 unspecified atom stereocenters. The monoisotopic (exact) mass is 388 g/mol. The van der Waals surface area contributed by atoms with Crippen LogP contribution in [-0.2, 0) is 9.84 Å². The maximum absolute atomic E-state index is 11.9. The van der Waals surface area contributed by atoms with Gasteiger partial charge in [0, 0.05) is 38.3 Å². The molecular weight excluding hydrogens is 360 g/mol.